The van der Waals surface area contributed by atoms with Crippen molar-refractivity contribution in [3.8, 4) is 0 Å². The van der Waals surface area contributed by atoms with Gasteiger partial charge in [0.25, 0.3) is 0 Å². The van der Waals surface area contributed by atoms with Gasteiger partial charge in [0.15, 0.2) is 6.30 Å². The highest BCUT2D eigenvalue weighted by atomic mass is 19.1. The second-order valence-corrected chi connectivity index (χ2v) is 11.0. The van der Waals surface area contributed by atoms with E-state index in [9.17, 15) is 9.59 Å². The summed E-state index contributed by atoms with van der Waals surface area (Å²) in [7, 11) is 3.74. The zero-order chi connectivity index (χ0) is 29.4. The number of aromatic nitrogens is 2. The Hall–Kier alpha value is -3.49. The Bertz CT molecular complexity index is 1490. The SMILES string of the molecule is CC(C)OC(=O)COC(CCN(C)CCCCCC(F)n1c(=O)n(C)c2ccccc21)c1ccc2ccccc2c1. The lowest BCUT2D eigenvalue weighted by atomic mass is 10.0. The standard InChI is InChI=1S/C33H42FN3O4/c1-24(2)41-32(38)23-40-30(27-18-17-25-12-7-8-13-26(25)22-27)19-21-35(3)20-11-5-6-16-31(34)37-29-15-10-9-14-28(29)36(4)33(37)39/h7-10,12-15,17-18,22,24,30-31H,5-6,11,16,19-21,23H2,1-4H3. The van der Waals surface area contributed by atoms with Gasteiger partial charge in [-0.05, 0) is 87.7 Å². The van der Waals surface area contributed by atoms with E-state index < -0.39 is 6.30 Å². The van der Waals surface area contributed by atoms with E-state index >= 15 is 4.39 Å². The number of benzene rings is 3. The van der Waals surface area contributed by atoms with E-state index in [0.29, 0.717) is 18.4 Å². The molecule has 0 spiro atoms. The van der Waals surface area contributed by atoms with Crippen molar-refractivity contribution in [2.24, 2.45) is 7.05 Å². The number of aryl methyl sites for hydroxylation is 1. The van der Waals surface area contributed by atoms with Gasteiger partial charge < -0.3 is 14.4 Å². The monoisotopic (exact) mass is 563 g/mol. The quantitative estimate of drug-likeness (QED) is 0.121. The van der Waals surface area contributed by atoms with Gasteiger partial charge in [-0.2, -0.15) is 0 Å². The molecule has 0 aliphatic heterocycles. The van der Waals surface area contributed by atoms with E-state index in [-0.39, 0.29) is 30.5 Å². The van der Waals surface area contributed by atoms with Crippen molar-refractivity contribution in [2.45, 2.75) is 64.5 Å². The fourth-order valence-corrected chi connectivity index (χ4v) is 5.26. The summed E-state index contributed by atoms with van der Waals surface area (Å²) in [6.07, 6.45) is 1.76. The van der Waals surface area contributed by atoms with Crippen LogP contribution in [0.3, 0.4) is 0 Å². The maximum atomic E-state index is 15.1. The Morgan fingerprint density at radius 2 is 1.61 bits per heavy atom. The van der Waals surface area contributed by atoms with Crippen LogP contribution < -0.4 is 5.69 Å². The minimum atomic E-state index is -1.34. The number of halogens is 1. The van der Waals surface area contributed by atoms with Gasteiger partial charge in [-0.3, -0.25) is 9.13 Å². The lowest BCUT2D eigenvalue weighted by Crippen LogP contribution is -2.25. The summed E-state index contributed by atoms with van der Waals surface area (Å²) in [6.45, 7) is 5.21. The van der Waals surface area contributed by atoms with Gasteiger partial charge in [-0.1, -0.05) is 55.0 Å². The van der Waals surface area contributed by atoms with E-state index in [0.717, 1.165) is 54.2 Å². The molecule has 2 atom stereocenters. The number of rotatable bonds is 15. The van der Waals surface area contributed by atoms with Crippen molar-refractivity contribution in [1.82, 2.24) is 14.0 Å². The number of carbonyl (C=O) groups is 1. The van der Waals surface area contributed by atoms with Gasteiger partial charge in [-0.25, -0.2) is 14.0 Å². The second-order valence-electron chi connectivity index (χ2n) is 11.0. The first-order valence-electron chi connectivity index (χ1n) is 14.5. The molecule has 0 radical (unpaired) electrons. The number of hydrogen-bond acceptors (Lipinski definition) is 5. The predicted octanol–water partition coefficient (Wildman–Crippen LogP) is 6.55. The molecule has 0 fully saturated rings. The molecule has 0 bridgehead atoms. The molecule has 0 aliphatic carbocycles. The van der Waals surface area contributed by atoms with Crippen LogP contribution in [0.4, 0.5) is 4.39 Å². The topological polar surface area (TPSA) is 65.7 Å². The highest BCUT2D eigenvalue weighted by molar-refractivity contribution is 5.83. The smallest absolute Gasteiger partial charge is 0.332 e. The van der Waals surface area contributed by atoms with Crippen molar-refractivity contribution in [1.29, 1.82) is 0 Å². The maximum absolute atomic E-state index is 15.1. The van der Waals surface area contributed by atoms with Crippen LogP contribution in [0.2, 0.25) is 0 Å². The zero-order valence-corrected chi connectivity index (χ0v) is 24.6. The Morgan fingerprint density at radius 1 is 0.902 bits per heavy atom. The molecule has 0 amide bonds. The molecule has 7 nitrogen and oxygen atoms in total. The second kappa shape index (κ2) is 14.4. The minimum Gasteiger partial charge on any atom is -0.461 e. The molecule has 8 heteroatoms. The molecule has 41 heavy (non-hydrogen) atoms. The lowest BCUT2D eigenvalue weighted by molar-refractivity contribution is -0.155. The average molecular weight is 564 g/mol. The number of unbranched alkanes of at least 4 members (excludes halogenated alkanes) is 2. The minimum absolute atomic E-state index is 0.0937. The van der Waals surface area contributed by atoms with Crippen LogP contribution in [0.5, 0.6) is 0 Å². The fourth-order valence-electron chi connectivity index (χ4n) is 5.26. The van der Waals surface area contributed by atoms with Crippen molar-refractivity contribution < 1.29 is 18.7 Å². The van der Waals surface area contributed by atoms with Gasteiger partial charge in [-0.15, -0.1) is 0 Å². The van der Waals surface area contributed by atoms with Crippen molar-refractivity contribution in [3.05, 3.63) is 82.8 Å². The molecule has 4 rings (SSSR count). The Labute approximate surface area is 241 Å². The average Bonchev–Trinajstić information content (AvgIpc) is 3.21. The first-order valence-corrected chi connectivity index (χ1v) is 14.5. The number of hydrogen-bond donors (Lipinski definition) is 0. The van der Waals surface area contributed by atoms with E-state index in [2.05, 4.69) is 42.3 Å². The lowest BCUT2D eigenvalue weighted by Gasteiger charge is -2.23. The number of ether oxygens (including phenoxy) is 2. The molecule has 1 heterocycles. The summed E-state index contributed by atoms with van der Waals surface area (Å²) in [5, 5.41) is 2.29. The molecule has 4 aromatic rings. The van der Waals surface area contributed by atoms with Crippen LogP contribution in [-0.4, -0.2) is 52.9 Å². The molecule has 220 valence electrons. The van der Waals surface area contributed by atoms with Crippen LogP contribution in [0.15, 0.2) is 71.5 Å². The van der Waals surface area contributed by atoms with Crippen LogP contribution in [0.1, 0.15) is 63.9 Å². The molecule has 1 aromatic heterocycles. The van der Waals surface area contributed by atoms with Crippen LogP contribution in [0.25, 0.3) is 21.8 Å². The molecular weight excluding hydrogens is 521 g/mol. The van der Waals surface area contributed by atoms with Gasteiger partial charge in [0.05, 0.1) is 23.2 Å². The Morgan fingerprint density at radius 3 is 2.37 bits per heavy atom. The predicted molar refractivity (Wildman–Crippen MR) is 162 cm³/mol. The summed E-state index contributed by atoms with van der Waals surface area (Å²) < 4.78 is 29.2. The zero-order valence-electron chi connectivity index (χ0n) is 24.6. The third kappa shape index (κ3) is 8.05. The highest BCUT2D eigenvalue weighted by Gasteiger charge is 2.19. The molecule has 0 saturated carbocycles. The first kappa shape index (κ1) is 30.5. The molecule has 2 unspecified atom stereocenters. The van der Waals surface area contributed by atoms with E-state index in [1.54, 1.807) is 13.1 Å². The summed E-state index contributed by atoms with van der Waals surface area (Å²) in [6, 6.07) is 21.8. The van der Waals surface area contributed by atoms with Crippen LogP contribution >= 0.6 is 0 Å². The maximum Gasteiger partial charge on any atom is 0.332 e. The van der Waals surface area contributed by atoms with Crippen molar-refractivity contribution in [2.75, 3.05) is 26.7 Å². The molecule has 3 aromatic carbocycles. The normalized spacial score (nSPS) is 13.3. The number of alkyl halides is 1. The first-order chi connectivity index (χ1) is 19.7. The Balaban J connectivity index is 1.26. The number of esters is 1. The molecule has 0 aliphatic rings. The van der Waals surface area contributed by atoms with Gasteiger partial charge in [0.2, 0.25) is 0 Å². The van der Waals surface area contributed by atoms with E-state index in [1.165, 1.54) is 9.13 Å². The summed E-state index contributed by atoms with van der Waals surface area (Å²) in [5.74, 6) is -0.365. The number of nitrogens with zero attached hydrogens (tertiary/aromatic N) is 3. The number of imidazole rings is 1. The van der Waals surface area contributed by atoms with Crippen LogP contribution in [-0.2, 0) is 21.3 Å². The highest BCUT2D eigenvalue weighted by Crippen LogP contribution is 2.26. The Kier molecular flexibility index (Phi) is 10.7. The van der Waals surface area contributed by atoms with Gasteiger partial charge in [0.1, 0.15) is 6.61 Å². The molecular formula is C33H42FN3O4. The molecule has 0 saturated heterocycles. The van der Waals surface area contributed by atoms with E-state index in [1.807, 2.05) is 44.2 Å². The third-order valence-corrected chi connectivity index (χ3v) is 7.45. The number of fused-ring (bicyclic) bond motifs is 2. The van der Waals surface area contributed by atoms with Gasteiger partial charge in [0, 0.05) is 13.6 Å². The van der Waals surface area contributed by atoms with Gasteiger partial charge >= 0.3 is 11.7 Å². The largest absolute Gasteiger partial charge is 0.461 e. The van der Waals surface area contributed by atoms with Crippen molar-refractivity contribution >= 4 is 27.8 Å². The van der Waals surface area contributed by atoms with Crippen molar-refractivity contribution in [3.63, 3.8) is 0 Å². The molecule has 0 N–H and O–H groups in total. The number of para-hydroxylation sites is 2. The third-order valence-electron chi connectivity index (χ3n) is 7.45. The van der Waals surface area contributed by atoms with E-state index in [4.69, 9.17) is 9.47 Å². The summed E-state index contributed by atoms with van der Waals surface area (Å²) in [5.41, 5.74) is 2.09. The summed E-state index contributed by atoms with van der Waals surface area (Å²) >= 11 is 0. The fraction of sp³-hybridized carbons (Fsp3) is 0.455. The van der Waals surface area contributed by atoms with Crippen LogP contribution in [0, 0.1) is 0 Å². The summed E-state index contributed by atoms with van der Waals surface area (Å²) in [4.78, 5) is 27.0. The number of carbonyl (C=O) groups excluding carboxylic acids is 1.